The van der Waals surface area contributed by atoms with Crippen molar-refractivity contribution in [3.05, 3.63) is 69.9 Å². The number of aliphatic hydroxyl groups is 1. The van der Waals surface area contributed by atoms with Gasteiger partial charge in [0, 0.05) is 12.6 Å². The fraction of sp³-hybridized carbons (Fsp3) is 0.250. The maximum atomic E-state index is 13.4. The number of halogens is 2. The number of nitrogens with one attached hydrogen (secondary N) is 1. The molecule has 0 amide bonds. The highest BCUT2D eigenvalue weighted by Crippen LogP contribution is 2.16. The summed E-state index contributed by atoms with van der Waals surface area (Å²) in [5.74, 6) is -0.270. The lowest BCUT2D eigenvalue weighted by Gasteiger charge is -2.16. The number of aliphatic hydroxyl groups excluding tert-OH is 1. The van der Waals surface area contributed by atoms with E-state index in [-0.39, 0.29) is 18.5 Å². The van der Waals surface area contributed by atoms with Gasteiger partial charge in [-0.3, -0.25) is 0 Å². The van der Waals surface area contributed by atoms with Gasteiger partial charge < -0.3 is 10.4 Å². The molecule has 0 bridgehead atoms. The van der Waals surface area contributed by atoms with Gasteiger partial charge in [0.15, 0.2) is 0 Å². The van der Waals surface area contributed by atoms with Crippen LogP contribution in [0.25, 0.3) is 0 Å². The van der Waals surface area contributed by atoms with Gasteiger partial charge in [-0.1, -0.05) is 36.4 Å². The van der Waals surface area contributed by atoms with E-state index in [9.17, 15) is 9.50 Å². The molecule has 0 saturated carbocycles. The maximum Gasteiger partial charge on any atom is 0.137 e. The fourth-order valence-electron chi connectivity index (χ4n) is 2.01. The highest BCUT2D eigenvalue weighted by Gasteiger charge is 2.08. The highest BCUT2D eigenvalue weighted by atomic mass is 79.9. The van der Waals surface area contributed by atoms with Crippen LogP contribution < -0.4 is 5.32 Å². The number of hydrogen-bond acceptors (Lipinski definition) is 2. The van der Waals surface area contributed by atoms with Gasteiger partial charge in [0.2, 0.25) is 0 Å². The standard InChI is InChI=1S/C16H17BrFNO/c17-15-7-6-13(9-16(15)18)10-19-14(11-20)8-12-4-2-1-3-5-12/h1-7,9,14,19-20H,8,10-11H2/t14-/m1/s1. The monoisotopic (exact) mass is 337 g/mol. The van der Waals surface area contributed by atoms with Gasteiger partial charge in [-0.05, 0) is 45.6 Å². The molecule has 2 N–H and O–H groups in total. The van der Waals surface area contributed by atoms with Gasteiger partial charge in [0.25, 0.3) is 0 Å². The summed E-state index contributed by atoms with van der Waals surface area (Å²) < 4.78 is 13.9. The van der Waals surface area contributed by atoms with Gasteiger partial charge in [0.05, 0.1) is 11.1 Å². The van der Waals surface area contributed by atoms with Crippen LogP contribution in [0.15, 0.2) is 53.0 Å². The van der Waals surface area contributed by atoms with E-state index >= 15 is 0 Å². The van der Waals surface area contributed by atoms with Crippen molar-refractivity contribution in [3.63, 3.8) is 0 Å². The zero-order valence-corrected chi connectivity index (χ0v) is 12.6. The second-order valence-corrected chi connectivity index (χ2v) is 5.55. The summed E-state index contributed by atoms with van der Waals surface area (Å²) in [5, 5.41) is 12.7. The Morgan fingerprint density at radius 3 is 2.50 bits per heavy atom. The van der Waals surface area contributed by atoms with Crippen LogP contribution in [0.5, 0.6) is 0 Å². The van der Waals surface area contributed by atoms with E-state index in [1.165, 1.54) is 11.6 Å². The summed E-state index contributed by atoms with van der Waals surface area (Å²) in [5.41, 5.74) is 2.03. The van der Waals surface area contributed by atoms with E-state index in [4.69, 9.17) is 0 Å². The van der Waals surface area contributed by atoms with Crippen LogP contribution in [0.1, 0.15) is 11.1 Å². The molecule has 106 valence electrons. The van der Waals surface area contributed by atoms with Crippen molar-refractivity contribution in [2.75, 3.05) is 6.61 Å². The third-order valence-corrected chi connectivity index (χ3v) is 3.77. The summed E-state index contributed by atoms with van der Waals surface area (Å²) in [6.45, 7) is 0.580. The van der Waals surface area contributed by atoms with Crippen LogP contribution in [-0.2, 0) is 13.0 Å². The highest BCUT2D eigenvalue weighted by molar-refractivity contribution is 9.10. The maximum absolute atomic E-state index is 13.4. The number of benzene rings is 2. The Balaban J connectivity index is 1.92. The minimum Gasteiger partial charge on any atom is -0.395 e. The topological polar surface area (TPSA) is 32.3 Å². The van der Waals surface area contributed by atoms with Crippen molar-refractivity contribution in [1.82, 2.24) is 5.32 Å². The first kappa shape index (κ1) is 15.2. The molecule has 0 saturated heterocycles. The van der Waals surface area contributed by atoms with E-state index < -0.39 is 0 Å². The number of rotatable bonds is 6. The van der Waals surface area contributed by atoms with E-state index in [0.29, 0.717) is 11.0 Å². The lowest BCUT2D eigenvalue weighted by Crippen LogP contribution is -2.34. The van der Waals surface area contributed by atoms with Crippen molar-refractivity contribution in [3.8, 4) is 0 Å². The molecular formula is C16H17BrFNO. The van der Waals surface area contributed by atoms with Crippen LogP contribution in [-0.4, -0.2) is 17.8 Å². The molecule has 0 spiro atoms. The SMILES string of the molecule is OC[C@@H](Cc1ccccc1)NCc1ccc(Br)c(F)c1. The molecule has 0 aromatic heterocycles. The van der Waals surface area contributed by atoms with Gasteiger partial charge in [0.1, 0.15) is 5.82 Å². The van der Waals surface area contributed by atoms with Gasteiger partial charge in [-0.2, -0.15) is 0 Å². The van der Waals surface area contributed by atoms with Crippen LogP contribution in [0.4, 0.5) is 4.39 Å². The van der Waals surface area contributed by atoms with Gasteiger partial charge in [-0.25, -0.2) is 4.39 Å². The summed E-state index contributed by atoms with van der Waals surface area (Å²) in [6, 6.07) is 15.0. The Morgan fingerprint density at radius 2 is 1.85 bits per heavy atom. The van der Waals surface area contributed by atoms with E-state index in [0.717, 1.165) is 12.0 Å². The first-order valence-corrected chi connectivity index (χ1v) is 7.30. The Kier molecular flexibility index (Phi) is 5.71. The molecule has 0 aliphatic carbocycles. The van der Waals surface area contributed by atoms with Crippen molar-refractivity contribution in [1.29, 1.82) is 0 Å². The molecule has 0 aliphatic heterocycles. The molecule has 2 rings (SSSR count). The molecule has 4 heteroatoms. The van der Waals surface area contributed by atoms with Crippen molar-refractivity contribution in [2.24, 2.45) is 0 Å². The number of hydrogen-bond donors (Lipinski definition) is 2. The third kappa shape index (κ3) is 4.40. The molecule has 2 aromatic rings. The van der Waals surface area contributed by atoms with Crippen LogP contribution in [0.2, 0.25) is 0 Å². The second kappa shape index (κ2) is 7.53. The average Bonchev–Trinajstić information content (AvgIpc) is 2.48. The van der Waals surface area contributed by atoms with E-state index in [2.05, 4.69) is 21.2 Å². The molecule has 0 radical (unpaired) electrons. The first-order chi connectivity index (χ1) is 9.69. The largest absolute Gasteiger partial charge is 0.395 e. The van der Waals surface area contributed by atoms with Crippen LogP contribution in [0.3, 0.4) is 0 Å². The summed E-state index contributed by atoms with van der Waals surface area (Å²) >= 11 is 3.13. The Bertz CT molecular complexity index is 547. The van der Waals surface area contributed by atoms with E-state index in [1.807, 2.05) is 36.4 Å². The zero-order chi connectivity index (χ0) is 14.4. The average molecular weight is 338 g/mol. The predicted molar refractivity (Wildman–Crippen MR) is 82.0 cm³/mol. The normalized spacial score (nSPS) is 12.3. The summed E-state index contributed by atoms with van der Waals surface area (Å²) in [4.78, 5) is 0. The van der Waals surface area contributed by atoms with Gasteiger partial charge >= 0.3 is 0 Å². The minimum atomic E-state index is -0.270. The minimum absolute atomic E-state index is 0.0379. The Morgan fingerprint density at radius 1 is 1.10 bits per heavy atom. The second-order valence-electron chi connectivity index (χ2n) is 4.70. The van der Waals surface area contributed by atoms with Crippen LogP contribution in [0, 0.1) is 5.82 Å². The van der Waals surface area contributed by atoms with Crippen molar-refractivity contribution in [2.45, 2.75) is 19.0 Å². The fourth-order valence-corrected chi connectivity index (χ4v) is 2.26. The molecule has 2 nitrogen and oxygen atoms in total. The molecule has 0 heterocycles. The van der Waals surface area contributed by atoms with Crippen molar-refractivity contribution >= 4 is 15.9 Å². The van der Waals surface area contributed by atoms with Crippen molar-refractivity contribution < 1.29 is 9.50 Å². The quantitative estimate of drug-likeness (QED) is 0.847. The smallest absolute Gasteiger partial charge is 0.137 e. The molecular weight excluding hydrogens is 321 g/mol. The summed E-state index contributed by atoms with van der Waals surface area (Å²) in [6.07, 6.45) is 0.746. The van der Waals surface area contributed by atoms with Crippen LogP contribution >= 0.6 is 15.9 Å². The Hall–Kier alpha value is -1.23. The predicted octanol–water partition coefficient (Wildman–Crippen LogP) is 3.28. The molecule has 1 atom stereocenters. The zero-order valence-electron chi connectivity index (χ0n) is 11.0. The van der Waals surface area contributed by atoms with E-state index in [1.54, 1.807) is 6.07 Å². The Labute approximate surface area is 126 Å². The molecule has 2 aromatic carbocycles. The molecule has 0 unspecified atom stereocenters. The summed E-state index contributed by atoms with van der Waals surface area (Å²) in [7, 11) is 0. The lowest BCUT2D eigenvalue weighted by molar-refractivity contribution is 0.241. The third-order valence-electron chi connectivity index (χ3n) is 3.12. The molecule has 0 aliphatic rings. The molecule has 0 fully saturated rings. The van der Waals surface area contributed by atoms with Gasteiger partial charge in [-0.15, -0.1) is 0 Å². The lowest BCUT2D eigenvalue weighted by atomic mass is 10.1. The first-order valence-electron chi connectivity index (χ1n) is 6.51. The molecule has 20 heavy (non-hydrogen) atoms.